The van der Waals surface area contributed by atoms with Gasteiger partial charge in [-0.2, -0.15) is 0 Å². The second-order valence-corrected chi connectivity index (χ2v) is 6.42. The van der Waals surface area contributed by atoms with Crippen LogP contribution in [-0.4, -0.2) is 37.4 Å². The van der Waals surface area contributed by atoms with Crippen LogP contribution < -0.4 is 4.90 Å². The highest BCUT2D eigenvalue weighted by atomic mass is 19.3. The number of anilines is 1. The first-order valence-electron chi connectivity index (χ1n) is 8.31. The third-order valence-corrected chi connectivity index (χ3v) is 4.49. The molecule has 0 aliphatic carbocycles. The highest BCUT2D eigenvalue weighted by Gasteiger charge is 2.19. The zero-order valence-corrected chi connectivity index (χ0v) is 13.8. The molecule has 6 nitrogen and oxygen atoms in total. The second-order valence-electron chi connectivity index (χ2n) is 6.42. The first-order valence-corrected chi connectivity index (χ1v) is 8.31. The summed E-state index contributed by atoms with van der Waals surface area (Å²) in [6, 6.07) is 1.89. The summed E-state index contributed by atoms with van der Waals surface area (Å²) >= 11 is 0. The van der Waals surface area contributed by atoms with Crippen LogP contribution >= 0.6 is 0 Å². The van der Waals surface area contributed by atoms with Crippen molar-refractivity contribution >= 4 is 11.5 Å². The molecule has 0 radical (unpaired) electrons. The zero-order valence-electron chi connectivity index (χ0n) is 13.8. The van der Waals surface area contributed by atoms with Gasteiger partial charge in [-0.15, -0.1) is 0 Å². The van der Waals surface area contributed by atoms with Crippen molar-refractivity contribution in [3.63, 3.8) is 0 Å². The fraction of sp³-hybridized carbons (Fsp3) is 0.412. The van der Waals surface area contributed by atoms with Crippen LogP contribution in [0.2, 0.25) is 0 Å². The van der Waals surface area contributed by atoms with Gasteiger partial charge in [-0.1, -0.05) is 6.92 Å². The lowest BCUT2D eigenvalue weighted by atomic mass is 10.0. The highest BCUT2D eigenvalue weighted by molar-refractivity contribution is 5.58. The molecule has 1 aliphatic heterocycles. The van der Waals surface area contributed by atoms with E-state index >= 15 is 0 Å². The van der Waals surface area contributed by atoms with E-state index in [4.69, 9.17) is 0 Å². The van der Waals surface area contributed by atoms with Gasteiger partial charge in [0.2, 0.25) is 0 Å². The molecule has 25 heavy (non-hydrogen) atoms. The van der Waals surface area contributed by atoms with Gasteiger partial charge in [-0.3, -0.25) is 4.40 Å². The van der Waals surface area contributed by atoms with Crippen LogP contribution in [0.1, 0.15) is 31.9 Å². The smallest absolute Gasteiger partial charge is 0.281 e. The number of halogens is 2. The lowest BCUT2D eigenvalue weighted by molar-refractivity contribution is 0.145. The van der Waals surface area contributed by atoms with Crippen LogP contribution in [0.3, 0.4) is 0 Å². The summed E-state index contributed by atoms with van der Waals surface area (Å²) in [4.78, 5) is 19.1. The third kappa shape index (κ3) is 3.04. The Balaban J connectivity index is 1.73. The van der Waals surface area contributed by atoms with Crippen LogP contribution in [0, 0.1) is 5.92 Å². The number of imidazole rings is 1. The maximum atomic E-state index is 12.9. The zero-order chi connectivity index (χ0) is 17.4. The number of alkyl halides is 2. The van der Waals surface area contributed by atoms with Crippen LogP contribution in [0.5, 0.6) is 0 Å². The number of hydrogen-bond donors (Lipinski definition) is 0. The minimum atomic E-state index is -2.64. The quantitative estimate of drug-likeness (QED) is 0.729. The summed E-state index contributed by atoms with van der Waals surface area (Å²) in [6.07, 6.45) is 5.64. The average molecular weight is 344 g/mol. The van der Waals surface area contributed by atoms with Crippen molar-refractivity contribution in [2.24, 2.45) is 5.92 Å². The molecule has 4 heterocycles. The Bertz CT molecular complexity index is 894. The van der Waals surface area contributed by atoms with E-state index < -0.39 is 6.43 Å². The molecule has 1 fully saturated rings. The molecule has 8 heteroatoms. The van der Waals surface area contributed by atoms with Crippen molar-refractivity contribution in [1.29, 1.82) is 0 Å². The molecule has 0 amide bonds. The molecule has 1 atom stereocenters. The van der Waals surface area contributed by atoms with Crippen LogP contribution in [0.4, 0.5) is 14.6 Å². The molecule has 3 aromatic rings. The van der Waals surface area contributed by atoms with E-state index in [-0.39, 0.29) is 5.69 Å². The molecule has 0 saturated carbocycles. The van der Waals surface area contributed by atoms with E-state index in [0.29, 0.717) is 23.1 Å². The summed E-state index contributed by atoms with van der Waals surface area (Å²) in [5.74, 6) is 1.95. The Morgan fingerprint density at radius 1 is 1.20 bits per heavy atom. The minimum absolute atomic E-state index is 0.298. The molecule has 0 unspecified atom stereocenters. The first-order chi connectivity index (χ1) is 12.1. The molecule has 0 spiro atoms. The predicted octanol–water partition coefficient (Wildman–Crippen LogP) is 3.36. The SMILES string of the molecule is C[C@H]1CCCN(c2ccnc(-c3cnc4cnc(C(F)F)cn34)n2)C1. The summed E-state index contributed by atoms with van der Waals surface area (Å²) in [7, 11) is 0. The van der Waals surface area contributed by atoms with Crippen LogP contribution in [0.15, 0.2) is 30.9 Å². The van der Waals surface area contributed by atoms with Crippen LogP contribution in [0.25, 0.3) is 17.2 Å². The molecule has 130 valence electrons. The van der Waals surface area contributed by atoms with E-state index in [1.165, 1.54) is 18.8 Å². The number of hydrogen-bond acceptors (Lipinski definition) is 5. The fourth-order valence-corrected chi connectivity index (χ4v) is 3.23. The van der Waals surface area contributed by atoms with Crippen LogP contribution in [-0.2, 0) is 0 Å². The van der Waals surface area contributed by atoms with Gasteiger partial charge < -0.3 is 4.90 Å². The van der Waals surface area contributed by atoms with Gasteiger partial charge in [-0.25, -0.2) is 28.7 Å². The van der Waals surface area contributed by atoms with E-state index in [1.54, 1.807) is 16.8 Å². The number of rotatable bonds is 3. The van der Waals surface area contributed by atoms with Gasteiger partial charge in [0.05, 0.1) is 12.4 Å². The molecule has 0 bridgehead atoms. The van der Waals surface area contributed by atoms with Crippen molar-refractivity contribution < 1.29 is 8.78 Å². The molecule has 0 aromatic carbocycles. The summed E-state index contributed by atoms with van der Waals surface area (Å²) in [5, 5.41) is 0. The van der Waals surface area contributed by atoms with Crippen molar-refractivity contribution in [3.05, 3.63) is 36.5 Å². The van der Waals surface area contributed by atoms with E-state index in [2.05, 4.69) is 31.8 Å². The fourth-order valence-electron chi connectivity index (χ4n) is 3.23. The Labute approximate surface area is 143 Å². The molecule has 3 aromatic heterocycles. The maximum absolute atomic E-state index is 12.9. The predicted molar refractivity (Wildman–Crippen MR) is 89.6 cm³/mol. The summed E-state index contributed by atoms with van der Waals surface area (Å²) in [5.41, 5.74) is 0.763. The van der Waals surface area contributed by atoms with Crippen molar-refractivity contribution in [1.82, 2.24) is 24.3 Å². The molecular weight excluding hydrogens is 326 g/mol. The van der Waals surface area contributed by atoms with Crippen molar-refractivity contribution in [2.45, 2.75) is 26.2 Å². The minimum Gasteiger partial charge on any atom is -0.356 e. The number of fused-ring (bicyclic) bond motifs is 1. The molecule has 0 N–H and O–H groups in total. The van der Waals surface area contributed by atoms with Gasteiger partial charge in [0.1, 0.15) is 17.2 Å². The largest absolute Gasteiger partial charge is 0.356 e. The molecular formula is C17H18F2N6. The second kappa shape index (κ2) is 6.34. The van der Waals surface area contributed by atoms with E-state index in [9.17, 15) is 8.78 Å². The Morgan fingerprint density at radius 2 is 2.08 bits per heavy atom. The maximum Gasteiger partial charge on any atom is 0.281 e. The van der Waals surface area contributed by atoms with Gasteiger partial charge in [0, 0.05) is 25.5 Å². The number of piperidine rings is 1. The molecule has 1 aliphatic rings. The Morgan fingerprint density at radius 3 is 2.88 bits per heavy atom. The highest BCUT2D eigenvalue weighted by Crippen LogP contribution is 2.25. The van der Waals surface area contributed by atoms with Crippen molar-refractivity contribution in [2.75, 3.05) is 18.0 Å². The van der Waals surface area contributed by atoms with Gasteiger partial charge in [0.15, 0.2) is 11.5 Å². The summed E-state index contributed by atoms with van der Waals surface area (Å²) in [6.45, 7) is 4.16. The average Bonchev–Trinajstić information content (AvgIpc) is 3.05. The van der Waals surface area contributed by atoms with Gasteiger partial charge in [0.25, 0.3) is 6.43 Å². The Hall–Kier alpha value is -2.64. The van der Waals surface area contributed by atoms with E-state index in [1.807, 2.05) is 6.07 Å². The topological polar surface area (TPSA) is 59.2 Å². The standard InChI is InChI=1S/C17H18F2N6/c1-11-3-2-6-24(9-11)14-4-5-20-17(23-14)13-7-22-15-8-21-12(16(18)19)10-25(13)15/h4-5,7-8,10-11,16H,2-3,6,9H2,1H3/t11-/m0/s1. The lowest BCUT2D eigenvalue weighted by Crippen LogP contribution is -2.34. The summed E-state index contributed by atoms with van der Waals surface area (Å²) < 4.78 is 27.5. The van der Waals surface area contributed by atoms with E-state index in [0.717, 1.165) is 25.3 Å². The molecule has 4 rings (SSSR count). The number of nitrogens with zero attached hydrogens (tertiary/aromatic N) is 6. The Kier molecular flexibility index (Phi) is 4.03. The van der Waals surface area contributed by atoms with Gasteiger partial charge in [-0.05, 0) is 24.8 Å². The van der Waals surface area contributed by atoms with Crippen molar-refractivity contribution in [3.8, 4) is 11.5 Å². The lowest BCUT2D eigenvalue weighted by Gasteiger charge is -2.31. The first kappa shape index (κ1) is 15.9. The normalized spacial score (nSPS) is 18.2. The third-order valence-electron chi connectivity index (χ3n) is 4.49. The monoisotopic (exact) mass is 344 g/mol. The number of aromatic nitrogens is 5. The molecule has 1 saturated heterocycles. The van der Waals surface area contributed by atoms with Gasteiger partial charge >= 0.3 is 0 Å².